The Kier molecular flexibility index (Phi) is 8.25. The van der Waals surface area contributed by atoms with Gasteiger partial charge in [-0.15, -0.1) is 0 Å². The van der Waals surface area contributed by atoms with Gasteiger partial charge in [-0.3, -0.25) is 4.79 Å². The number of ketones is 1. The maximum absolute atomic E-state index is 12.3. The zero-order chi connectivity index (χ0) is 22.5. The van der Waals surface area contributed by atoms with E-state index < -0.39 is 0 Å². The van der Waals surface area contributed by atoms with E-state index in [1.54, 1.807) is 14.0 Å². The molecule has 0 spiro atoms. The summed E-state index contributed by atoms with van der Waals surface area (Å²) in [7, 11) is 2.11. The van der Waals surface area contributed by atoms with E-state index >= 15 is 0 Å². The number of carbonyl (C=O) groups excluding carboxylic acids is 1. The van der Waals surface area contributed by atoms with Crippen molar-refractivity contribution in [2.45, 2.75) is 71.9 Å². The number of hydrogen-bond acceptors (Lipinski definition) is 3. The second-order valence-electron chi connectivity index (χ2n) is 9.28. The molecule has 4 heteroatoms. The first-order chi connectivity index (χ1) is 14.0. The molecule has 0 fully saturated rings. The van der Waals surface area contributed by atoms with E-state index in [9.17, 15) is 4.79 Å². The minimum atomic E-state index is -0.143. The van der Waals surface area contributed by atoms with Crippen LogP contribution in [0, 0.1) is 6.92 Å². The molecule has 2 aromatic carbocycles. The summed E-state index contributed by atoms with van der Waals surface area (Å²) in [5.74, 6) is 1.03. The van der Waals surface area contributed by atoms with E-state index in [2.05, 4.69) is 59.7 Å². The first kappa shape index (κ1) is 24.6. The van der Waals surface area contributed by atoms with Crippen molar-refractivity contribution in [3.63, 3.8) is 0 Å². The lowest BCUT2D eigenvalue weighted by molar-refractivity contribution is 0.0495. The number of aryl methyl sites for hydroxylation is 1. The summed E-state index contributed by atoms with van der Waals surface area (Å²) >= 11 is 0. The molecule has 2 atom stereocenters. The highest BCUT2D eigenvalue weighted by atomic mass is 31.1. The Morgan fingerprint density at radius 1 is 1.10 bits per heavy atom. The Balaban J connectivity index is 2.69. The zero-order valence-corrected chi connectivity index (χ0v) is 20.8. The van der Waals surface area contributed by atoms with E-state index in [0.29, 0.717) is 8.58 Å². The molecule has 164 valence electrons. The van der Waals surface area contributed by atoms with Crippen molar-refractivity contribution in [2.75, 3.05) is 13.9 Å². The summed E-state index contributed by atoms with van der Waals surface area (Å²) in [6.45, 7) is 15.2. The Labute approximate surface area is 184 Å². The predicted octanol–water partition coefficient (Wildman–Crippen LogP) is 6.50. The third-order valence-corrected chi connectivity index (χ3v) is 7.30. The molecule has 2 rings (SSSR count). The minimum Gasteiger partial charge on any atom is -0.467 e. The van der Waals surface area contributed by atoms with Crippen molar-refractivity contribution in [1.29, 1.82) is 0 Å². The fraction of sp³-hybridized carbons (Fsp3) is 0.500. The average molecular weight is 429 g/mol. The summed E-state index contributed by atoms with van der Waals surface area (Å²) in [6, 6.07) is 12.6. The Morgan fingerprint density at radius 2 is 1.77 bits per heavy atom. The number of carbonyl (C=O) groups is 1. The average Bonchev–Trinajstić information content (AvgIpc) is 2.66. The van der Waals surface area contributed by atoms with Gasteiger partial charge >= 0.3 is 0 Å². The lowest BCUT2D eigenvalue weighted by Gasteiger charge is -2.35. The number of benzene rings is 2. The highest BCUT2D eigenvalue weighted by Crippen LogP contribution is 2.50. The normalized spacial score (nSPS) is 14.1. The second kappa shape index (κ2) is 10.1. The van der Waals surface area contributed by atoms with E-state index in [4.69, 9.17) is 9.47 Å². The third kappa shape index (κ3) is 5.71. The van der Waals surface area contributed by atoms with Gasteiger partial charge in [0.25, 0.3) is 0 Å². The molecule has 0 bridgehead atoms. The van der Waals surface area contributed by atoms with Crippen LogP contribution < -0.4 is 10.0 Å². The smallest absolute Gasteiger partial charge is 0.188 e. The highest BCUT2D eigenvalue weighted by Gasteiger charge is 2.33. The van der Waals surface area contributed by atoms with Crippen LogP contribution in [-0.4, -0.2) is 19.7 Å². The van der Waals surface area contributed by atoms with Crippen molar-refractivity contribution < 1.29 is 14.3 Å². The van der Waals surface area contributed by atoms with Crippen LogP contribution in [0.4, 0.5) is 0 Å². The number of Topliss-reactive ketones (excluding diaryl/α,β-unsaturated/α-hetero) is 1. The lowest BCUT2D eigenvalue weighted by Crippen LogP contribution is -2.24. The molecule has 0 heterocycles. The SMILES string of the molecule is CCCC(C)(Pc1ccccc1C(C)=O)c1cc(C(C)(C)C)cc(C)c1OCOC. The molecule has 0 aromatic heterocycles. The molecule has 30 heavy (non-hydrogen) atoms. The Morgan fingerprint density at radius 3 is 2.33 bits per heavy atom. The van der Waals surface area contributed by atoms with Gasteiger partial charge in [-0.2, -0.15) is 0 Å². The molecule has 0 amide bonds. The van der Waals surface area contributed by atoms with Crippen LogP contribution >= 0.6 is 8.58 Å². The van der Waals surface area contributed by atoms with Crippen molar-refractivity contribution in [3.05, 3.63) is 58.7 Å². The summed E-state index contributed by atoms with van der Waals surface area (Å²) < 4.78 is 11.3. The molecule has 0 aliphatic heterocycles. The van der Waals surface area contributed by atoms with Crippen LogP contribution in [0.15, 0.2) is 36.4 Å². The topological polar surface area (TPSA) is 35.5 Å². The molecule has 0 N–H and O–H groups in total. The van der Waals surface area contributed by atoms with Gasteiger partial charge in [-0.1, -0.05) is 86.0 Å². The maximum atomic E-state index is 12.3. The molecule has 3 nitrogen and oxygen atoms in total. The van der Waals surface area contributed by atoms with E-state index in [0.717, 1.165) is 35.0 Å². The third-order valence-electron chi connectivity index (χ3n) is 5.52. The molecule has 0 saturated heterocycles. The van der Waals surface area contributed by atoms with Crippen LogP contribution in [0.25, 0.3) is 0 Å². The van der Waals surface area contributed by atoms with Crippen LogP contribution in [0.5, 0.6) is 5.75 Å². The largest absolute Gasteiger partial charge is 0.467 e. The number of rotatable bonds is 9. The Bertz CT molecular complexity index is 882. The van der Waals surface area contributed by atoms with Crippen molar-refractivity contribution >= 4 is 19.7 Å². The van der Waals surface area contributed by atoms with Gasteiger partial charge in [0.2, 0.25) is 0 Å². The quantitative estimate of drug-likeness (QED) is 0.260. The fourth-order valence-electron chi connectivity index (χ4n) is 3.89. The first-order valence-electron chi connectivity index (χ1n) is 10.7. The first-order valence-corrected chi connectivity index (χ1v) is 11.7. The Hall–Kier alpha value is -1.70. The molecule has 2 aromatic rings. The number of ether oxygens (including phenoxy) is 2. The number of hydrogen-bond donors (Lipinski definition) is 0. The fourth-order valence-corrected chi connectivity index (χ4v) is 5.75. The van der Waals surface area contributed by atoms with Gasteiger partial charge in [-0.05, 0) is 42.1 Å². The van der Waals surface area contributed by atoms with Gasteiger partial charge in [0, 0.05) is 23.4 Å². The van der Waals surface area contributed by atoms with Crippen LogP contribution in [0.3, 0.4) is 0 Å². The summed E-state index contributed by atoms with van der Waals surface area (Å²) in [6.07, 6.45) is 2.06. The molecule has 0 saturated carbocycles. The van der Waals surface area contributed by atoms with E-state index in [1.807, 2.05) is 18.2 Å². The van der Waals surface area contributed by atoms with Gasteiger partial charge in [-0.25, -0.2) is 0 Å². The van der Waals surface area contributed by atoms with Crippen molar-refractivity contribution in [1.82, 2.24) is 0 Å². The summed E-state index contributed by atoms with van der Waals surface area (Å²) in [5.41, 5.74) is 4.49. The predicted molar refractivity (Wildman–Crippen MR) is 129 cm³/mol. The molecule has 0 radical (unpaired) electrons. The summed E-state index contributed by atoms with van der Waals surface area (Å²) in [5, 5.41) is 0.979. The summed E-state index contributed by atoms with van der Waals surface area (Å²) in [4.78, 5) is 12.3. The van der Waals surface area contributed by atoms with Gasteiger partial charge in [0.05, 0.1) is 0 Å². The van der Waals surface area contributed by atoms with E-state index in [-0.39, 0.29) is 23.1 Å². The molecule has 2 unspecified atom stereocenters. The zero-order valence-electron chi connectivity index (χ0n) is 19.8. The monoisotopic (exact) mass is 428 g/mol. The lowest BCUT2D eigenvalue weighted by atomic mass is 9.82. The van der Waals surface area contributed by atoms with Crippen molar-refractivity contribution in [3.8, 4) is 5.75 Å². The van der Waals surface area contributed by atoms with Crippen LogP contribution in [0.1, 0.15) is 81.4 Å². The van der Waals surface area contributed by atoms with Crippen LogP contribution in [0.2, 0.25) is 0 Å². The van der Waals surface area contributed by atoms with Gasteiger partial charge in [0.1, 0.15) is 5.75 Å². The van der Waals surface area contributed by atoms with Crippen LogP contribution in [-0.2, 0) is 15.3 Å². The van der Waals surface area contributed by atoms with Crippen molar-refractivity contribution in [2.24, 2.45) is 0 Å². The number of methoxy groups -OCH3 is 1. The van der Waals surface area contributed by atoms with E-state index in [1.165, 1.54) is 11.1 Å². The van der Waals surface area contributed by atoms with Gasteiger partial charge < -0.3 is 9.47 Å². The minimum absolute atomic E-state index is 0.0345. The molecule has 0 aliphatic rings. The van der Waals surface area contributed by atoms with Gasteiger partial charge in [0.15, 0.2) is 12.6 Å². The molecular weight excluding hydrogens is 391 g/mol. The maximum Gasteiger partial charge on any atom is 0.188 e. The highest BCUT2D eigenvalue weighted by molar-refractivity contribution is 7.48. The standard InChI is InChI=1S/C26H37O3P/c1-9-14-26(7,30-23-13-11-10-12-21(23)19(3)27)22-16-20(25(4,5)6)15-18(2)24(22)29-17-28-8/h10-13,15-16,30H,9,14,17H2,1-8H3. The second-order valence-corrected chi connectivity index (χ2v) is 11.2. The molecule has 0 aliphatic carbocycles. The molecular formula is C26H37O3P.